The quantitative estimate of drug-likeness (QED) is 0.0333. The number of carboxylic acids is 1. The molecule has 56 heavy (non-hydrogen) atoms. The first-order valence-electron chi connectivity index (χ1n) is 17.2. The summed E-state index contributed by atoms with van der Waals surface area (Å²) in [5.41, 5.74) is 8.64. The molecule has 3 aromatic rings. The number of nitrogens with one attached hydrogen (secondary N) is 1. The maximum absolute atomic E-state index is 14.3. The Morgan fingerprint density at radius 1 is 0.875 bits per heavy atom. The number of carbonyl (C=O) groups is 1. The van der Waals surface area contributed by atoms with Gasteiger partial charge in [-0.25, -0.2) is 0 Å². The van der Waals surface area contributed by atoms with Crippen molar-refractivity contribution in [3.63, 3.8) is 0 Å². The zero-order valence-electron chi connectivity index (χ0n) is 29.6. The highest BCUT2D eigenvalue weighted by molar-refractivity contribution is 5.91. The van der Waals surface area contributed by atoms with Gasteiger partial charge >= 0.3 is 5.97 Å². The number of rotatable bonds is 14. The molecule has 2 aromatic carbocycles. The molecule has 0 radical (unpaired) electrons. The highest BCUT2D eigenvalue weighted by Crippen LogP contribution is 2.41. The van der Waals surface area contributed by atoms with Crippen LogP contribution in [0.25, 0.3) is 22.3 Å². The lowest BCUT2D eigenvalue weighted by Gasteiger charge is -2.42. The van der Waals surface area contributed by atoms with Crippen molar-refractivity contribution in [2.75, 3.05) is 13.2 Å². The molecule has 2 fully saturated rings. The van der Waals surface area contributed by atoms with Crippen LogP contribution in [0.3, 0.4) is 0 Å². The highest BCUT2D eigenvalue weighted by atomic mass is 16.7. The molecule has 0 aliphatic carbocycles. The average Bonchev–Trinajstić information content (AvgIpc) is 3.14. The van der Waals surface area contributed by atoms with Crippen molar-refractivity contribution in [1.29, 1.82) is 0 Å². The Morgan fingerprint density at radius 3 is 2.21 bits per heavy atom. The van der Waals surface area contributed by atoms with Crippen LogP contribution in [0.2, 0.25) is 0 Å². The summed E-state index contributed by atoms with van der Waals surface area (Å²) in [6, 6.07) is 2.74. The number of carboxylic acid groups (broad SMARTS) is 1. The molecule has 16 N–H and O–H groups in total. The molecule has 0 bridgehead atoms. The zero-order valence-corrected chi connectivity index (χ0v) is 29.6. The third-order valence-electron chi connectivity index (χ3n) is 9.33. The normalized spacial score (nSPS) is 28.5. The second-order valence-corrected chi connectivity index (χ2v) is 13.3. The first-order valence-corrected chi connectivity index (χ1v) is 17.2. The summed E-state index contributed by atoms with van der Waals surface area (Å²) in [7, 11) is 0. The van der Waals surface area contributed by atoms with E-state index >= 15 is 0 Å². The monoisotopic (exact) mass is 796 g/mol. The number of benzene rings is 2. The Morgan fingerprint density at radius 2 is 1.55 bits per heavy atom. The van der Waals surface area contributed by atoms with Gasteiger partial charge in [0, 0.05) is 24.7 Å². The van der Waals surface area contributed by atoms with E-state index in [1.807, 2.05) is 0 Å². The molecular weight excluding hydrogens is 752 g/mol. The van der Waals surface area contributed by atoms with Crippen molar-refractivity contribution < 1.29 is 84.3 Å². The number of fused-ring (bicyclic) bond motifs is 1. The van der Waals surface area contributed by atoms with Gasteiger partial charge in [0.2, 0.25) is 17.5 Å². The fraction of sp³-hybridized carbons (Fsp3) is 0.500. The van der Waals surface area contributed by atoms with Gasteiger partial charge < -0.3 is 96.3 Å². The van der Waals surface area contributed by atoms with Gasteiger partial charge in [0.05, 0.1) is 18.3 Å². The number of aromatic hydroxyl groups is 4. The number of nitrogens with two attached hydrogens (primary N) is 2. The van der Waals surface area contributed by atoms with Crippen LogP contribution in [0, 0.1) is 0 Å². The van der Waals surface area contributed by atoms with Gasteiger partial charge in [0.1, 0.15) is 65.7 Å². The Bertz CT molecular complexity index is 1970. The van der Waals surface area contributed by atoms with Gasteiger partial charge in [0.15, 0.2) is 35.1 Å². The minimum atomic E-state index is -2.07. The molecule has 1 aromatic heterocycles. The van der Waals surface area contributed by atoms with E-state index < -0.39 is 137 Å². The molecule has 0 saturated carbocycles. The summed E-state index contributed by atoms with van der Waals surface area (Å²) in [6.07, 6.45) is -16.6. The summed E-state index contributed by atoms with van der Waals surface area (Å²) in [5.74, 6) is -5.53. The molecule has 0 amide bonds. The second kappa shape index (κ2) is 17.4. The van der Waals surface area contributed by atoms with Gasteiger partial charge in [-0.2, -0.15) is 0 Å². The summed E-state index contributed by atoms with van der Waals surface area (Å²) in [5, 5.41) is 117. The van der Waals surface area contributed by atoms with Crippen molar-refractivity contribution in [2.45, 2.75) is 93.8 Å². The number of nitrogens with zero attached hydrogens (tertiary/aromatic N) is 1. The predicted octanol–water partition coefficient (Wildman–Crippen LogP) is -3.09. The molecule has 0 spiro atoms. The number of aliphatic carboxylic acids is 1. The number of aliphatic hydroxyl groups is 6. The van der Waals surface area contributed by atoms with E-state index in [-0.39, 0.29) is 36.5 Å². The van der Waals surface area contributed by atoms with Gasteiger partial charge in [-0.1, -0.05) is 0 Å². The minimum Gasteiger partial charge on any atom is -0.507 e. The molecule has 22 heteroatoms. The zero-order chi connectivity index (χ0) is 41.2. The fourth-order valence-electron chi connectivity index (χ4n) is 6.15. The smallest absolute Gasteiger partial charge is 0.320 e. The molecule has 11 atom stereocenters. The Hall–Kier alpha value is -5.01. The first kappa shape index (κ1) is 42.1. The fourth-order valence-corrected chi connectivity index (χ4v) is 6.15. The van der Waals surface area contributed by atoms with E-state index in [0.717, 1.165) is 18.2 Å². The van der Waals surface area contributed by atoms with Crippen LogP contribution in [-0.4, -0.2) is 149 Å². The van der Waals surface area contributed by atoms with E-state index in [9.17, 15) is 65.8 Å². The number of phenols is 4. The van der Waals surface area contributed by atoms with E-state index in [1.165, 1.54) is 13.0 Å². The van der Waals surface area contributed by atoms with Crippen molar-refractivity contribution in [1.82, 2.24) is 5.32 Å². The lowest BCUT2D eigenvalue weighted by Crippen LogP contribution is -2.61. The van der Waals surface area contributed by atoms with Crippen LogP contribution in [0.1, 0.15) is 25.3 Å². The lowest BCUT2D eigenvalue weighted by atomic mass is 9.98. The van der Waals surface area contributed by atoms with E-state index in [0.29, 0.717) is 0 Å². The maximum Gasteiger partial charge on any atom is 0.320 e. The molecule has 2 aliphatic rings. The third-order valence-corrected chi connectivity index (χ3v) is 9.33. The van der Waals surface area contributed by atoms with Crippen molar-refractivity contribution >= 4 is 22.9 Å². The van der Waals surface area contributed by atoms with Crippen LogP contribution >= 0.6 is 0 Å². The summed E-state index contributed by atoms with van der Waals surface area (Å²) in [4.78, 5) is 30.1. The van der Waals surface area contributed by atoms with Crippen molar-refractivity contribution in [2.24, 2.45) is 16.5 Å². The molecule has 2 saturated heterocycles. The van der Waals surface area contributed by atoms with E-state index in [4.69, 9.17) is 34.8 Å². The highest BCUT2D eigenvalue weighted by Gasteiger charge is 2.48. The van der Waals surface area contributed by atoms with E-state index in [1.54, 1.807) is 0 Å². The Kier molecular flexibility index (Phi) is 13.1. The molecular formula is C34H44N4O18. The number of aliphatic hydroxyl groups excluding tert-OH is 6. The van der Waals surface area contributed by atoms with Gasteiger partial charge in [-0.15, -0.1) is 0 Å². The number of phenolic OH excluding ortho intramolecular Hbond substituents is 4. The average molecular weight is 797 g/mol. The number of hydrogen-bond donors (Lipinski definition) is 14. The molecule has 2 aliphatic heterocycles. The summed E-state index contributed by atoms with van der Waals surface area (Å²) in [6.45, 7) is 0.402. The number of hydrogen-bond acceptors (Lipinski definition) is 19. The number of guanidine groups is 1. The second-order valence-electron chi connectivity index (χ2n) is 13.3. The Labute approximate surface area is 316 Å². The molecule has 5 rings (SSSR count). The van der Waals surface area contributed by atoms with Crippen LogP contribution in [0.4, 0.5) is 0 Å². The standard InChI is InChI=1S/C34H44N4O18/c1-11-21(43)24(46)26(48)32(53-11)52-10-19-22(44)25(47)27(49)33(54-19)56-30-23(45)20-18(42)8-16(40)13(9-38-14(31(50)51)3-2-6-37-34(35)36)29(20)55-28(30)12-4-5-15(39)17(41)7-12/h4-5,7-8,11,14,19,21-22,24-27,32-33,38-44,46-49H,2-3,6,9-10H2,1H3,(H,50,51)(H4,35,36,37)/t11-,14+,19-,21+,22-,24-,25+,26+,27+,32-,33+/m0/s1. The minimum absolute atomic E-state index is 0.0254. The maximum atomic E-state index is 14.3. The molecule has 22 nitrogen and oxygen atoms in total. The molecule has 0 unspecified atom stereocenters. The Balaban J connectivity index is 1.51. The largest absolute Gasteiger partial charge is 0.507 e. The van der Waals surface area contributed by atoms with Crippen LogP contribution in [0.5, 0.6) is 28.7 Å². The molecule has 308 valence electrons. The number of aliphatic imine (C=N–C) groups is 1. The summed E-state index contributed by atoms with van der Waals surface area (Å²) < 4.78 is 28.4. The van der Waals surface area contributed by atoms with Gasteiger partial charge in [-0.05, 0) is 38.0 Å². The topological polar surface area (TPSA) is 383 Å². The first-order chi connectivity index (χ1) is 26.4. The van der Waals surface area contributed by atoms with Gasteiger partial charge in [0.25, 0.3) is 0 Å². The number of ether oxygens (including phenoxy) is 4. The van der Waals surface area contributed by atoms with Crippen LogP contribution < -0.4 is 26.9 Å². The predicted molar refractivity (Wildman–Crippen MR) is 188 cm³/mol. The lowest BCUT2D eigenvalue weighted by molar-refractivity contribution is -0.318. The van der Waals surface area contributed by atoms with Gasteiger partial charge in [-0.3, -0.25) is 14.6 Å². The molecule has 3 heterocycles. The van der Waals surface area contributed by atoms with E-state index in [2.05, 4.69) is 10.3 Å². The van der Waals surface area contributed by atoms with Crippen LogP contribution in [-0.2, 0) is 25.5 Å². The van der Waals surface area contributed by atoms with Crippen molar-refractivity contribution in [3.05, 3.63) is 40.1 Å². The van der Waals surface area contributed by atoms with Crippen molar-refractivity contribution in [3.8, 4) is 40.1 Å². The van der Waals surface area contributed by atoms with Crippen LogP contribution in [0.15, 0.2) is 38.5 Å². The SMILES string of the molecule is C[C@@H]1O[C@H](OC[C@@H]2O[C@H](Oc3c(-c4ccc(O)c(O)c4)oc4c(CN[C@H](CCCN=C(N)N)C(=O)O)c(O)cc(O)c4c3=O)[C@H](O)[C@H](O)[C@H]2O)[C@H](O)[C@@H](O)[C@@H]1O. The summed E-state index contributed by atoms with van der Waals surface area (Å²) >= 11 is 0. The third kappa shape index (κ3) is 8.84.